The highest BCUT2D eigenvalue weighted by atomic mass is 32.2. The highest BCUT2D eigenvalue weighted by Crippen LogP contribution is 2.28. The predicted molar refractivity (Wildman–Crippen MR) is 70.5 cm³/mol. The summed E-state index contributed by atoms with van der Waals surface area (Å²) in [5.74, 6) is 1.13. The third kappa shape index (κ3) is 4.85. The van der Waals surface area contributed by atoms with E-state index in [9.17, 15) is 5.11 Å². The zero-order chi connectivity index (χ0) is 12.7. The average molecular weight is 257 g/mol. The molecule has 1 rings (SSSR count). The molecule has 0 aliphatic carbocycles. The van der Waals surface area contributed by atoms with Crippen LogP contribution in [-0.2, 0) is 0 Å². The number of thioether (sulfide) groups is 1. The van der Waals surface area contributed by atoms with Crippen molar-refractivity contribution in [2.45, 2.75) is 24.3 Å². The van der Waals surface area contributed by atoms with Crippen LogP contribution in [0.2, 0.25) is 0 Å². The first kappa shape index (κ1) is 14.2. The standard InChI is InChI=1S/C12H19NO3S/c1-2-5-16-12-6-10(3-4-11(12)13)17-8-9(15)7-14/h3-4,6,9,14-15H,2,5,7-8,13H2,1H3. The van der Waals surface area contributed by atoms with Gasteiger partial charge >= 0.3 is 0 Å². The predicted octanol–water partition coefficient (Wildman–Crippen LogP) is 1.50. The lowest BCUT2D eigenvalue weighted by Gasteiger charge is -2.11. The Labute approximate surface area is 106 Å². The van der Waals surface area contributed by atoms with Gasteiger partial charge in [0.15, 0.2) is 0 Å². The van der Waals surface area contributed by atoms with E-state index in [2.05, 4.69) is 0 Å². The molecule has 0 amide bonds. The molecule has 0 bridgehead atoms. The molecule has 0 saturated carbocycles. The number of benzene rings is 1. The van der Waals surface area contributed by atoms with Crippen LogP contribution in [0.15, 0.2) is 23.1 Å². The second-order valence-corrected chi connectivity index (χ2v) is 4.79. The largest absolute Gasteiger partial charge is 0.491 e. The van der Waals surface area contributed by atoms with Crippen molar-refractivity contribution in [1.29, 1.82) is 0 Å². The number of hydrogen-bond donors (Lipinski definition) is 3. The number of aliphatic hydroxyl groups excluding tert-OH is 2. The van der Waals surface area contributed by atoms with Gasteiger partial charge < -0.3 is 20.7 Å². The smallest absolute Gasteiger partial charge is 0.143 e. The van der Waals surface area contributed by atoms with Gasteiger partial charge in [0.05, 0.1) is 25.0 Å². The van der Waals surface area contributed by atoms with Crippen molar-refractivity contribution < 1.29 is 14.9 Å². The molecule has 0 radical (unpaired) electrons. The molecule has 0 aliphatic heterocycles. The van der Waals surface area contributed by atoms with E-state index in [4.69, 9.17) is 15.6 Å². The monoisotopic (exact) mass is 257 g/mol. The Kier molecular flexibility index (Phi) is 6.18. The van der Waals surface area contributed by atoms with Crippen molar-refractivity contribution in [3.8, 4) is 5.75 Å². The maximum absolute atomic E-state index is 9.26. The van der Waals surface area contributed by atoms with Crippen LogP contribution in [0.1, 0.15) is 13.3 Å². The molecule has 0 spiro atoms. The SMILES string of the molecule is CCCOc1cc(SCC(O)CO)ccc1N. The molecule has 0 saturated heterocycles. The molecule has 1 atom stereocenters. The first-order chi connectivity index (χ1) is 8.17. The average Bonchev–Trinajstić information content (AvgIpc) is 2.35. The van der Waals surface area contributed by atoms with E-state index >= 15 is 0 Å². The number of aliphatic hydroxyl groups is 2. The van der Waals surface area contributed by atoms with E-state index < -0.39 is 6.10 Å². The molecule has 17 heavy (non-hydrogen) atoms. The molecule has 1 unspecified atom stereocenters. The summed E-state index contributed by atoms with van der Waals surface area (Å²) in [5.41, 5.74) is 6.40. The van der Waals surface area contributed by atoms with Crippen molar-refractivity contribution >= 4 is 17.4 Å². The van der Waals surface area contributed by atoms with Gasteiger partial charge in [0.25, 0.3) is 0 Å². The number of hydrogen-bond acceptors (Lipinski definition) is 5. The molecule has 0 aromatic heterocycles. The second kappa shape index (κ2) is 7.42. The lowest BCUT2D eigenvalue weighted by Crippen LogP contribution is -2.14. The summed E-state index contributed by atoms with van der Waals surface area (Å²) < 4.78 is 5.51. The molecule has 96 valence electrons. The lowest BCUT2D eigenvalue weighted by molar-refractivity contribution is 0.113. The van der Waals surface area contributed by atoms with Crippen molar-refractivity contribution in [3.05, 3.63) is 18.2 Å². The van der Waals surface area contributed by atoms with Crippen LogP contribution in [-0.4, -0.2) is 35.3 Å². The van der Waals surface area contributed by atoms with Crippen LogP contribution in [0, 0.1) is 0 Å². The Bertz CT molecular complexity index is 347. The minimum Gasteiger partial charge on any atom is -0.491 e. The molecule has 4 nitrogen and oxygen atoms in total. The molecular formula is C12H19NO3S. The van der Waals surface area contributed by atoms with Crippen LogP contribution in [0.4, 0.5) is 5.69 Å². The Morgan fingerprint density at radius 1 is 1.47 bits per heavy atom. The molecule has 4 N–H and O–H groups in total. The molecule has 1 aromatic carbocycles. The maximum Gasteiger partial charge on any atom is 0.143 e. The Balaban J connectivity index is 2.61. The van der Waals surface area contributed by atoms with Crippen molar-refractivity contribution in [2.24, 2.45) is 0 Å². The summed E-state index contributed by atoms with van der Waals surface area (Å²) in [6, 6.07) is 5.53. The fourth-order valence-corrected chi connectivity index (χ4v) is 2.03. The summed E-state index contributed by atoms with van der Waals surface area (Å²) in [6.45, 7) is 2.45. The quantitative estimate of drug-likeness (QED) is 0.510. The summed E-state index contributed by atoms with van der Waals surface area (Å²) in [7, 11) is 0. The molecule has 0 aliphatic rings. The maximum atomic E-state index is 9.26. The van der Waals surface area contributed by atoms with Gasteiger partial charge in [-0.1, -0.05) is 6.92 Å². The fraction of sp³-hybridized carbons (Fsp3) is 0.500. The molecule has 5 heteroatoms. The summed E-state index contributed by atoms with van der Waals surface area (Å²) in [6.07, 6.45) is 0.234. The Morgan fingerprint density at radius 2 is 2.24 bits per heavy atom. The molecular weight excluding hydrogens is 238 g/mol. The van der Waals surface area contributed by atoms with Gasteiger partial charge in [-0.2, -0.15) is 0 Å². The van der Waals surface area contributed by atoms with Crippen molar-refractivity contribution in [3.63, 3.8) is 0 Å². The molecule has 1 aromatic rings. The van der Waals surface area contributed by atoms with Crippen LogP contribution in [0.3, 0.4) is 0 Å². The van der Waals surface area contributed by atoms with Crippen LogP contribution in [0.5, 0.6) is 5.75 Å². The van der Waals surface area contributed by atoms with Crippen LogP contribution >= 0.6 is 11.8 Å². The highest BCUT2D eigenvalue weighted by Gasteiger charge is 2.06. The lowest BCUT2D eigenvalue weighted by atomic mass is 10.3. The third-order valence-corrected chi connectivity index (χ3v) is 3.24. The second-order valence-electron chi connectivity index (χ2n) is 3.70. The molecule has 0 fully saturated rings. The fourth-order valence-electron chi connectivity index (χ4n) is 1.19. The normalized spacial score (nSPS) is 12.4. The van der Waals surface area contributed by atoms with Gasteiger partial charge in [-0.15, -0.1) is 11.8 Å². The highest BCUT2D eigenvalue weighted by molar-refractivity contribution is 7.99. The molecule has 0 heterocycles. The van der Waals surface area contributed by atoms with Crippen LogP contribution in [0.25, 0.3) is 0 Å². The third-order valence-electron chi connectivity index (χ3n) is 2.10. The van der Waals surface area contributed by atoms with Gasteiger partial charge in [0, 0.05) is 10.6 Å². The van der Waals surface area contributed by atoms with E-state index in [1.165, 1.54) is 11.8 Å². The summed E-state index contributed by atoms with van der Waals surface area (Å²) >= 11 is 1.46. The minimum atomic E-state index is -0.697. The minimum absolute atomic E-state index is 0.221. The van der Waals surface area contributed by atoms with E-state index in [1.54, 1.807) is 6.07 Å². The first-order valence-corrected chi connectivity index (χ1v) is 6.60. The van der Waals surface area contributed by atoms with Crippen LogP contribution < -0.4 is 10.5 Å². The first-order valence-electron chi connectivity index (χ1n) is 5.61. The van der Waals surface area contributed by atoms with Crippen molar-refractivity contribution in [2.75, 3.05) is 24.7 Å². The number of rotatable bonds is 7. The van der Waals surface area contributed by atoms with Gasteiger partial charge in [0.1, 0.15) is 5.75 Å². The van der Waals surface area contributed by atoms with Gasteiger partial charge in [-0.3, -0.25) is 0 Å². The topological polar surface area (TPSA) is 75.7 Å². The van der Waals surface area contributed by atoms with Gasteiger partial charge in [0.2, 0.25) is 0 Å². The van der Waals surface area contributed by atoms with Gasteiger partial charge in [-0.05, 0) is 24.6 Å². The van der Waals surface area contributed by atoms with E-state index in [0.29, 0.717) is 23.8 Å². The Morgan fingerprint density at radius 3 is 2.88 bits per heavy atom. The van der Waals surface area contributed by atoms with Crippen molar-refractivity contribution in [1.82, 2.24) is 0 Å². The van der Waals surface area contributed by atoms with Gasteiger partial charge in [-0.25, -0.2) is 0 Å². The summed E-state index contributed by atoms with van der Waals surface area (Å²) in [5, 5.41) is 18.0. The number of nitrogens with two attached hydrogens (primary N) is 1. The number of nitrogen functional groups attached to an aromatic ring is 1. The zero-order valence-electron chi connectivity index (χ0n) is 9.93. The Hall–Kier alpha value is -0.910. The van der Waals surface area contributed by atoms with E-state index in [-0.39, 0.29) is 6.61 Å². The zero-order valence-corrected chi connectivity index (χ0v) is 10.7. The summed E-state index contributed by atoms with van der Waals surface area (Å²) in [4.78, 5) is 0.970. The number of ether oxygens (including phenoxy) is 1. The van der Waals surface area contributed by atoms with E-state index in [1.807, 2.05) is 19.1 Å². The van der Waals surface area contributed by atoms with E-state index in [0.717, 1.165) is 11.3 Å². The number of anilines is 1.